The number of primary amides is 1. The van der Waals surface area contributed by atoms with Crippen LogP contribution < -0.4 is 11.1 Å². The SMILES string of the molecule is CCCNC1(C(N)=O)CCCC1CCN(C)C1CC1. The standard InChI is InChI=1S/C15H29N3O/c1-3-10-17-15(14(16)19)9-4-5-12(15)8-11-18(2)13-6-7-13/h12-13,17H,3-11H2,1-2H3,(H2,16,19). The van der Waals surface area contributed by atoms with E-state index < -0.39 is 5.54 Å². The summed E-state index contributed by atoms with van der Waals surface area (Å²) in [5, 5.41) is 3.47. The Bertz CT molecular complexity index is 317. The van der Waals surface area contributed by atoms with E-state index >= 15 is 0 Å². The molecule has 2 aliphatic carbocycles. The molecule has 0 aromatic rings. The molecule has 2 atom stereocenters. The lowest BCUT2D eigenvalue weighted by Gasteiger charge is -2.34. The van der Waals surface area contributed by atoms with Crippen LogP contribution in [0.3, 0.4) is 0 Å². The molecule has 2 aliphatic rings. The Morgan fingerprint density at radius 2 is 2.16 bits per heavy atom. The highest BCUT2D eigenvalue weighted by atomic mass is 16.1. The van der Waals surface area contributed by atoms with E-state index in [2.05, 4.69) is 24.2 Å². The number of nitrogens with two attached hydrogens (primary N) is 1. The van der Waals surface area contributed by atoms with Crippen LogP contribution in [0.15, 0.2) is 0 Å². The third-order valence-corrected chi connectivity index (χ3v) is 4.95. The molecule has 0 aromatic heterocycles. The molecule has 0 spiro atoms. The molecule has 3 N–H and O–H groups in total. The van der Waals surface area contributed by atoms with E-state index in [-0.39, 0.29) is 5.91 Å². The van der Waals surface area contributed by atoms with Gasteiger partial charge in [0.2, 0.25) is 5.91 Å². The number of carbonyl (C=O) groups is 1. The van der Waals surface area contributed by atoms with Crippen LogP contribution in [0.25, 0.3) is 0 Å². The first-order valence-corrected chi connectivity index (χ1v) is 7.85. The second-order valence-electron chi connectivity index (χ2n) is 6.35. The number of rotatable bonds is 8. The second-order valence-corrected chi connectivity index (χ2v) is 6.35. The summed E-state index contributed by atoms with van der Waals surface area (Å²) in [6.07, 6.45) is 8.00. The van der Waals surface area contributed by atoms with Gasteiger partial charge in [0.05, 0.1) is 0 Å². The summed E-state index contributed by atoms with van der Waals surface area (Å²) in [7, 11) is 2.21. The van der Waals surface area contributed by atoms with Crippen LogP contribution in [-0.4, -0.2) is 42.5 Å². The van der Waals surface area contributed by atoms with Gasteiger partial charge in [-0.25, -0.2) is 0 Å². The van der Waals surface area contributed by atoms with Gasteiger partial charge < -0.3 is 16.0 Å². The lowest BCUT2D eigenvalue weighted by Crippen LogP contribution is -2.58. The van der Waals surface area contributed by atoms with Crippen LogP contribution in [0.2, 0.25) is 0 Å². The van der Waals surface area contributed by atoms with Gasteiger partial charge in [0.25, 0.3) is 0 Å². The first-order chi connectivity index (χ1) is 9.10. The van der Waals surface area contributed by atoms with Crippen molar-refractivity contribution >= 4 is 5.91 Å². The Kier molecular flexibility index (Phi) is 4.85. The Morgan fingerprint density at radius 3 is 2.74 bits per heavy atom. The molecule has 2 unspecified atom stereocenters. The predicted molar refractivity (Wildman–Crippen MR) is 77.8 cm³/mol. The summed E-state index contributed by atoms with van der Waals surface area (Å²) in [5.74, 6) is 0.273. The number of nitrogens with zero attached hydrogens (tertiary/aromatic N) is 1. The predicted octanol–water partition coefficient (Wildman–Crippen LogP) is 1.49. The number of nitrogens with one attached hydrogen (secondary N) is 1. The fourth-order valence-electron chi connectivity index (χ4n) is 3.52. The summed E-state index contributed by atoms with van der Waals surface area (Å²) in [6.45, 7) is 4.11. The van der Waals surface area contributed by atoms with E-state index in [0.717, 1.165) is 51.2 Å². The molecular formula is C15H29N3O. The minimum Gasteiger partial charge on any atom is -0.368 e. The Morgan fingerprint density at radius 1 is 1.42 bits per heavy atom. The van der Waals surface area contributed by atoms with Gasteiger partial charge >= 0.3 is 0 Å². The zero-order chi connectivity index (χ0) is 13.9. The van der Waals surface area contributed by atoms with Crippen molar-refractivity contribution in [3.05, 3.63) is 0 Å². The highest BCUT2D eigenvalue weighted by Gasteiger charge is 2.47. The Hall–Kier alpha value is -0.610. The monoisotopic (exact) mass is 267 g/mol. The van der Waals surface area contributed by atoms with Gasteiger partial charge in [0.1, 0.15) is 5.54 Å². The van der Waals surface area contributed by atoms with Crippen LogP contribution in [0.4, 0.5) is 0 Å². The smallest absolute Gasteiger partial charge is 0.238 e. The van der Waals surface area contributed by atoms with Crippen molar-refractivity contribution in [1.82, 2.24) is 10.2 Å². The molecule has 1 amide bonds. The van der Waals surface area contributed by atoms with E-state index in [1.54, 1.807) is 0 Å². The summed E-state index contributed by atoms with van der Waals surface area (Å²) in [4.78, 5) is 14.4. The summed E-state index contributed by atoms with van der Waals surface area (Å²) < 4.78 is 0. The normalized spacial score (nSPS) is 31.0. The van der Waals surface area contributed by atoms with Crippen molar-refractivity contribution in [3.8, 4) is 0 Å². The lowest BCUT2D eigenvalue weighted by atomic mass is 9.83. The molecule has 0 radical (unpaired) electrons. The molecule has 0 heterocycles. The first kappa shape index (κ1) is 14.8. The number of amides is 1. The molecule has 2 saturated carbocycles. The second kappa shape index (κ2) is 6.23. The molecule has 0 aliphatic heterocycles. The first-order valence-electron chi connectivity index (χ1n) is 7.85. The van der Waals surface area contributed by atoms with E-state index in [4.69, 9.17) is 5.73 Å². The van der Waals surface area contributed by atoms with Crippen LogP contribution in [-0.2, 0) is 4.79 Å². The minimum atomic E-state index is -0.430. The third kappa shape index (κ3) is 3.29. The fraction of sp³-hybridized carbons (Fsp3) is 0.933. The average molecular weight is 267 g/mol. The topological polar surface area (TPSA) is 58.4 Å². The molecule has 19 heavy (non-hydrogen) atoms. The summed E-state index contributed by atoms with van der Waals surface area (Å²) in [5.41, 5.74) is 5.30. The molecule has 2 fully saturated rings. The van der Waals surface area contributed by atoms with Crippen molar-refractivity contribution < 1.29 is 4.79 Å². The fourth-order valence-corrected chi connectivity index (χ4v) is 3.52. The van der Waals surface area contributed by atoms with Crippen molar-refractivity contribution in [2.24, 2.45) is 11.7 Å². The third-order valence-electron chi connectivity index (χ3n) is 4.95. The van der Waals surface area contributed by atoms with Crippen LogP contribution in [0.1, 0.15) is 51.9 Å². The van der Waals surface area contributed by atoms with Crippen molar-refractivity contribution in [2.45, 2.75) is 63.5 Å². The largest absolute Gasteiger partial charge is 0.368 e. The van der Waals surface area contributed by atoms with Gasteiger partial charge in [-0.05, 0) is 64.6 Å². The minimum absolute atomic E-state index is 0.141. The summed E-state index contributed by atoms with van der Waals surface area (Å²) >= 11 is 0. The molecular weight excluding hydrogens is 238 g/mol. The van der Waals surface area contributed by atoms with Gasteiger partial charge in [0.15, 0.2) is 0 Å². The lowest BCUT2D eigenvalue weighted by molar-refractivity contribution is -0.126. The maximum Gasteiger partial charge on any atom is 0.238 e. The van der Waals surface area contributed by atoms with Gasteiger partial charge in [-0.15, -0.1) is 0 Å². The van der Waals surface area contributed by atoms with E-state index in [1.165, 1.54) is 12.8 Å². The Balaban J connectivity index is 1.93. The van der Waals surface area contributed by atoms with Crippen LogP contribution in [0, 0.1) is 5.92 Å². The van der Waals surface area contributed by atoms with Gasteiger partial charge in [0, 0.05) is 6.04 Å². The quantitative estimate of drug-likeness (QED) is 0.700. The van der Waals surface area contributed by atoms with Gasteiger partial charge in [-0.2, -0.15) is 0 Å². The van der Waals surface area contributed by atoms with Crippen molar-refractivity contribution in [2.75, 3.05) is 20.1 Å². The average Bonchev–Trinajstić information content (AvgIpc) is 3.15. The maximum atomic E-state index is 12.0. The Labute approximate surface area is 117 Å². The highest BCUT2D eigenvalue weighted by Crippen LogP contribution is 2.38. The number of carbonyl (C=O) groups excluding carboxylic acids is 1. The zero-order valence-electron chi connectivity index (χ0n) is 12.5. The molecule has 0 bridgehead atoms. The van der Waals surface area contributed by atoms with E-state index in [9.17, 15) is 4.79 Å². The van der Waals surface area contributed by atoms with Gasteiger partial charge in [-0.1, -0.05) is 13.3 Å². The summed E-state index contributed by atoms with van der Waals surface area (Å²) in [6, 6.07) is 0.799. The number of hydrogen-bond acceptors (Lipinski definition) is 3. The van der Waals surface area contributed by atoms with Crippen molar-refractivity contribution in [3.63, 3.8) is 0 Å². The zero-order valence-corrected chi connectivity index (χ0v) is 12.5. The van der Waals surface area contributed by atoms with Crippen LogP contribution in [0.5, 0.6) is 0 Å². The molecule has 0 saturated heterocycles. The van der Waals surface area contributed by atoms with Crippen LogP contribution >= 0.6 is 0 Å². The van der Waals surface area contributed by atoms with E-state index in [0.29, 0.717) is 5.92 Å². The van der Waals surface area contributed by atoms with Crippen molar-refractivity contribution in [1.29, 1.82) is 0 Å². The maximum absolute atomic E-state index is 12.0. The molecule has 4 heteroatoms. The molecule has 110 valence electrons. The molecule has 2 rings (SSSR count). The highest BCUT2D eigenvalue weighted by molar-refractivity contribution is 5.85. The van der Waals surface area contributed by atoms with Gasteiger partial charge in [-0.3, -0.25) is 4.79 Å². The molecule has 4 nitrogen and oxygen atoms in total. The molecule has 0 aromatic carbocycles. The van der Waals surface area contributed by atoms with E-state index in [1.807, 2.05) is 0 Å². The number of hydrogen-bond donors (Lipinski definition) is 2.